The molecule has 0 aromatic heterocycles. The number of hydrogen-bond acceptors (Lipinski definition) is 4. The molecular weight excluding hydrogens is 338 g/mol. The molecule has 0 heterocycles. The van der Waals surface area contributed by atoms with Crippen molar-refractivity contribution < 1.29 is 13.2 Å². The van der Waals surface area contributed by atoms with E-state index in [2.05, 4.69) is 5.32 Å². The Labute approximate surface area is 151 Å². The van der Waals surface area contributed by atoms with E-state index in [0.717, 1.165) is 6.54 Å². The lowest BCUT2D eigenvalue weighted by atomic mass is 10.1. The van der Waals surface area contributed by atoms with E-state index in [1.54, 1.807) is 24.3 Å². The molecule has 0 unspecified atom stereocenters. The van der Waals surface area contributed by atoms with Gasteiger partial charge in [-0.3, -0.25) is 9.69 Å². The topological polar surface area (TPSA) is 69.7 Å². The molecule has 0 radical (unpaired) electrons. The van der Waals surface area contributed by atoms with Crippen molar-refractivity contribution in [2.75, 3.05) is 34.2 Å². The maximum atomic E-state index is 12.4. The second-order valence-corrected chi connectivity index (χ2v) is 9.14. The Morgan fingerprint density at radius 1 is 1.16 bits per heavy atom. The van der Waals surface area contributed by atoms with E-state index in [1.807, 2.05) is 11.9 Å². The molecule has 0 aliphatic heterocycles. The van der Waals surface area contributed by atoms with Gasteiger partial charge in [-0.05, 0) is 37.4 Å². The fraction of sp³-hybridized carbons (Fsp3) is 0.611. The molecule has 6 nitrogen and oxygen atoms in total. The number of benzene rings is 1. The summed E-state index contributed by atoms with van der Waals surface area (Å²) in [5.41, 5.74) is 0.600. The highest BCUT2D eigenvalue weighted by Crippen LogP contribution is 2.25. The summed E-state index contributed by atoms with van der Waals surface area (Å²) in [5, 5.41) is 2.84. The van der Waals surface area contributed by atoms with E-state index >= 15 is 0 Å². The van der Waals surface area contributed by atoms with E-state index in [1.165, 1.54) is 44.1 Å². The van der Waals surface area contributed by atoms with E-state index < -0.39 is 10.0 Å². The third kappa shape index (κ3) is 5.52. The van der Waals surface area contributed by atoms with Gasteiger partial charge < -0.3 is 5.32 Å². The highest BCUT2D eigenvalue weighted by atomic mass is 32.2. The van der Waals surface area contributed by atoms with Crippen LogP contribution in [0.3, 0.4) is 0 Å². The predicted molar refractivity (Wildman–Crippen MR) is 98.6 cm³/mol. The van der Waals surface area contributed by atoms with E-state index in [-0.39, 0.29) is 17.3 Å². The zero-order valence-corrected chi connectivity index (χ0v) is 16.2. The molecule has 1 aromatic carbocycles. The maximum Gasteiger partial charge on any atom is 0.242 e. The van der Waals surface area contributed by atoms with Gasteiger partial charge in [0.1, 0.15) is 0 Å². The quantitative estimate of drug-likeness (QED) is 0.759. The number of hydrogen-bond donors (Lipinski definition) is 1. The first kappa shape index (κ1) is 19.9. The van der Waals surface area contributed by atoms with Crippen LogP contribution in [-0.4, -0.2) is 57.8 Å². The summed E-state index contributed by atoms with van der Waals surface area (Å²) in [6.07, 6.45) is 5.09. The molecule has 1 aromatic rings. The lowest BCUT2D eigenvalue weighted by Gasteiger charge is -2.20. The van der Waals surface area contributed by atoms with Gasteiger partial charge in [-0.1, -0.05) is 31.0 Å². The molecule has 1 fully saturated rings. The first-order valence-corrected chi connectivity index (χ1v) is 10.2. The van der Waals surface area contributed by atoms with Crippen LogP contribution in [0, 0.1) is 5.92 Å². The monoisotopic (exact) mass is 367 g/mol. The summed E-state index contributed by atoms with van der Waals surface area (Å²) >= 11 is 0. The minimum Gasteiger partial charge on any atom is -0.351 e. The third-order valence-electron chi connectivity index (χ3n) is 4.67. The van der Waals surface area contributed by atoms with Crippen LogP contribution in [0.25, 0.3) is 0 Å². The molecule has 0 bridgehead atoms. The van der Waals surface area contributed by atoms with Gasteiger partial charge in [0.15, 0.2) is 0 Å². The predicted octanol–water partition coefficient (Wildman–Crippen LogP) is 1.68. The summed E-state index contributed by atoms with van der Waals surface area (Å²) in [7, 11) is 1.44. The van der Waals surface area contributed by atoms with Crippen molar-refractivity contribution in [1.82, 2.24) is 14.5 Å². The summed E-state index contributed by atoms with van der Waals surface area (Å²) in [5.74, 6) is 0.612. The maximum absolute atomic E-state index is 12.4. The van der Waals surface area contributed by atoms with Gasteiger partial charge in [0.25, 0.3) is 0 Å². The van der Waals surface area contributed by atoms with Crippen LogP contribution >= 0.6 is 0 Å². The molecule has 7 heteroatoms. The average Bonchev–Trinajstić information content (AvgIpc) is 3.05. The highest BCUT2D eigenvalue weighted by Gasteiger charge is 2.21. The molecule has 2 rings (SSSR count). The van der Waals surface area contributed by atoms with Crippen molar-refractivity contribution in [2.45, 2.75) is 37.1 Å². The van der Waals surface area contributed by atoms with Gasteiger partial charge in [-0.25, -0.2) is 12.7 Å². The Kier molecular flexibility index (Phi) is 6.98. The number of sulfonamides is 1. The van der Waals surface area contributed by atoms with Crippen LogP contribution in [0.15, 0.2) is 29.2 Å². The first-order chi connectivity index (χ1) is 11.8. The molecule has 0 saturated heterocycles. The molecule has 1 aliphatic carbocycles. The van der Waals surface area contributed by atoms with Crippen molar-refractivity contribution in [1.29, 1.82) is 0 Å². The molecule has 0 atom stereocenters. The SMILES string of the molecule is CN(CC(=O)NCc1ccccc1S(=O)(=O)N(C)C)CC1CCCC1. The third-order valence-corrected chi connectivity index (χ3v) is 6.58. The van der Waals surface area contributed by atoms with Crippen LogP contribution in [0.5, 0.6) is 0 Å². The Bertz CT molecular complexity index is 683. The Balaban J connectivity index is 1.91. The number of carbonyl (C=O) groups is 1. The molecule has 1 saturated carbocycles. The fourth-order valence-corrected chi connectivity index (χ4v) is 4.41. The first-order valence-electron chi connectivity index (χ1n) is 8.76. The minimum atomic E-state index is -3.52. The summed E-state index contributed by atoms with van der Waals surface area (Å²) in [4.78, 5) is 14.5. The van der Waals surface area contributed by atoms with E-state index in [0.29, 0.717) is 18.0 Å². The van der Waals surface area contributed by atoms with Crippen molar-refractivity contribution in [3.8, 4) is 0 Å². The molecule has 25 heavy (non-hydrogen) atoms. The Hall–Kier alpha value is -1.44. The van der Waals surface area contributed by atoms with Gasteiger partial charge in [-0.15, -0.1) is 0 Å². The number of nitrogens with one attached hydrogen (secondary N) is 1. The molecular formula is C18H29N3O3S. The second kappa shape index (κ2) is 8.78. The minimum absolute atomic E-state index is 0.0856. The van der Waals surface area contributed by atoms with Crippen molar-refractivity contribution in [2.24, 2.45) is 5.92 Å². The molecule has 140 valence electrons. The average molecular weight is 368 g/mol. The zero-order chi connectivity index (χ0) is 18.4. The zero-order valence-electron chi connectivity index (χ0n) is 15.4. The number of amides is 1. The van der Waals surface area contributed by atoms with Gasteiger partial charge in [0, 0.05) is 27.2 Å². The van der Waals surface area contributed by atoms with Crippen molar-refractivity contribution in [3.05, 3.63) is 29.8 Å². The normalized spacial score (nSPS) is 15.9. The fourth-order valence-electron chi connectivity index (χ4n) is 3.29. The van der Waals surface area contributed by atoms with Crippen LogP contribution in [0.1, 0.15) is 31.2 Å². The largest absolute Gasteiger partial charge is 0.351 e. The van der Waals surface area contributed by atoms with E-state index in [4.69, 9.17) is 0 Å². The smallest absolute Gasteiger partial charge is 0.242 e. The number of likely N-dealkylation sites (N-methyl/N-ethyl adjacent to an activating group) is 1. The lowest BCUT2D eigenvalue weighted by Crippen LogP contribution is -2.37. The molecule has 1 amide bonds. The van der Waals surface area contributed by atoms with Gasteiger partial charge >= 0.3 is 0 Å². The van der Waals surface area contributed by atoms with E-state index in [9.17, 15) is 13.2 Å². The van der Waals surface area contributed by atoms with Gasteiger partial charge in [-0.2, -0.15) is 0 Å². The van der Waals surface area contributed by atoms with Crippen LogP contribution in [0.4, 0.5) is 0 Å². The Morgan fingerprint density at radius 2 is 1.80 bits per heavy atom. The summed E-state index contributed by atoms with van der Waals surface area (Å²) in [6.45, 7) is 1.48. The van der Waals surface area contributed by atoms with Gasteiger partial charge in [0.05, 0.1) is 11.4 Å². The second-order valence-electron chi connectivity index (χ2n) is 7.02. The molecule has 1 aliphatic rings. The van der Waals surface area contributed by atoms with Crippen LogP contribution in [-0.2, 0) is 21.4 Å². The van der Waals surface area contributed by atoms with Crippen molar-refractivity contribution in [3.63, 3.8) is 0 Å². The summed E-state index contributed by atoms with van der Waals surface area (Å²) < 4.78 is 25.9. The standard InChI is InChI=1S/C18H29N3O3S/c1-20(2)25(23,24)17-11-7-6-10-16(17)12-19-18(22)14-21(3)13-15-8-4-5-9-15/h6-7,10-11,15H,4-5,8-9,12-14H2,1-3H3,(H,19,22). The summed E-state index contributed by atoms with van der Waals surface area (Å²) in [6, 6.07) is 6.78. The van der Waals surface area contributed by atoms with Crippen LogP contribution < -0.4 is 5.32 Å². The molecule has 0 spiro atoms. The van der Waals surface area contributed by atoms with Gasteiger partial charge in [0.2, 0.25) is 15.9 Å². The van der Waals surface area contributed by atoms with Crippen molar-refractivity contribution >= 4 is 15.9 Å². The molecule has 1 N–H and O–H groups in total. The highest BCUT2D eigenvalue weighted by molar-refractivity contribution is 7.89. The number of rotatable bonds is 8. The van der Waals surface area contributed by atoms with Crippen LogP contribution in [0.2, 0.25) is 0 Å². The number of carbonyl (C=O) groups excluding carboxylic acids is 1. The Morgan fingerprint density at radius 3 is 2.44 bits per heavy atom. The number of nitrogens with zero attached hydrogens (tertiary/aromatic N) is 2. The lowest BCUT2D eigenvalue weighted by molar-refractivity contribution is -0.122.